The fourth-order valence-corrected chi connectivity index (χ4v) is 4.26. The Kier molecular flexibility index (Phi) is 5.48. The van der Waals surface area contributed by atoms with Gasteiger partial charge in [-0.15, -0.1) is 0 Å². The van der Waals surface area contributed by atoms with E-state index < -0.39 is 38.7 Å². The maximum Gasteiger partial charge on any atom is 0.433 e. The van der Waals surface area contributed by atoms with Gasteiger partial charge in [0.2, 0.25) is 10.0 Å². The number of nitrogens with one attached hydrogen (secondary N) is 1. The van der Waals surface area contributed by atoms with Gasteiger partial charge < -0.3 is 5.11 Å². The van der Waals surface area contributed by atoms with Crippen molar-refractivity contribution in [1.29, 1.82) is 0 Å². The van der Waals surface area contributed by atoms with Crippen molar-refractivity contribution >= 4 is 16.0 Å². The molecule has 3 rings (SSSR count). The van der Waals surface area contributed by atoms with E-state index in [1.54, 1.807) is 32.0 Å². The molecule has 0 saturated carbocycles. The van der Waals surface area contributed by atoms with E-state index in [1.807, 2.05) is 0 Å². The summed E-state index contributed by atoms with van der Waals surface area (Å²) in [5.74, 6) is -1.70. The summed E-state index contributed by atoms with van der Waals surface area (Å²) in [6.45, 7) is 2.91. The quantitative estimate of drug-likeness (QED) is 0.732. The fraction of sp³-hybridized carbons (Fsp3) is 0.444. The van der Waals surface area contributed by atoms with Crippen LogP contribution in [0, 0.1) is 0 Å². The molecular formula is C18H20F3N3O4S. The third-order valence-corrected chi connectivity index (χ3v) is 6.73. The van der Waals surface area contributed by atoms with Gasteiger partial charge in [0.25, 0.3) is 0 Å². The molecule has 0 spiro atoms. The molecule has 0 bridgehead atoms. The van der Waals surface area contributed by atoms with Gasteiger partial charge >= 0.3 is 12.1 Å². The second-order valence-electron chi connectivity index (χ2n) is 7.29. The molecule has 0 saturated heterocycles. The van der Waals surface area contributed by atoms with Crippen LogP contribution in [0.15, 0.2) is 24.4 Å². The molecule has 29 heavy (non-hydrogen) atoms. The van der Waals surface area contributed by atoms with Crippen LogP contribution in [0.1, 0.15) is 46.6 Å². The summed E-state index contributed by atoms with van der Waals surface area (Å²) in [7, 11) is -3.43. The molecule has 1 heterocycles. The number of alkyl halides is 3. The summed E-state index contributed by atoms with van der Waals surface area (Å²) in [5, 5.41) is 12.0. The molecule has 7 nitrogen and oxygen atoms in total. The smallest absolute Gasteiger partial charge is 0.433 e. The minimum absolute atomic E-state index is 0.252. The van der Waals surface area contributed by atoms with Crippen molar-refractivity contribution in [2.24, 2.45) is 0 Å². The molecule has 1 aliphatic carbocycles. The lowest BCUT2D eigenvalue weighted by Gasteiger charge is -2.14. The number of sulfonamides is 1. The van der Waals surface area contributed by atoms with Gasteiger partial charge in [-0.05, 0) is 43.4 Å². The Balaban J connectivity index is 1.82. The normalized spacial score (nSPS) is 17.0. The van der Waals surface area contributed by atoms with Crippen LogP contribution in [0.3, 0.4) is 0 Å². The van der Waals surface area contributed by atoms with Gasteiger partial charge in [0.05, 0.1) is 18.0 Å². The highest BCUT2D eigenvalue weighted by Crippen LogP contribution is 2.33. The number of hydrogen-bond donors (Lipinski definition) is 2. The van der Waals surface area contributed by atoms with Crippen molar-refractivity contribution in [2.45, 2.75) is 50.7 Å². The van der Waals surface area contributed by atoms with Crippen molar-refractivity contribution in [3.8, 4) is 0 Å². The number of rotatable bonds is 6. The van der Waals surface area contributed by atoms with Gasteiger partial charge in [-0.1, -0.05) is 18.2 Å². The first-order chi connectivity index (χ1) is 13.4. The van der Waals surface area contributed by atoms with Crippen LogP contribution in [0.4, 0.5) is 13.2 Å². The highest BCUT2D eigenvalue weighted by atomic mass is 32.2. The average molecular weight is 431 g/mol. The topological polar surface area (TPSA) is 101 Å². The Hall–Kier alpha value is -2.40. The van der Waals surface area contributed by atoms with Crippen molar-refractivity contribution < 1.29 is 31.5 Å². The van der Waals surface area contributed by atoms with E-state index in [4.69, 9.17) is 5.11 Å². The second-order valence-corrected chi connectivity index (χ2v) is 9.56. The van der Waals surface area contributed by atoms with Gasteiger partial charge in [0, 0.05) is 6.04 Å². The Morgan fingerprint density at radius 3 is 2.55 bits per heavy atom. The standard InChI is InChI=1S/C18H20F3N3O4S/c1-10(2)29(27,28)23-14-6-12-4-3-11(5-13(12)7-14)9-24-16(18(19,20)21)15(8-22-24)17(25)26/h3-5,8,10,14,23H,6-7,9H2,1-2H3,(H,25,26). The zero-order valence-corrected chi connectivity index (χ0v) is 16.5. The number of benzene rings is 1. The zero-order valence-electron chi connectivity index (χ0n) is 15.7. The number of aromatic carboxylic acids is 1. The second kappa shape index (κ2) is 7.45. The van der Waals surface area contributed by atoms with E-state index in [9.17, 15) is 26.4 Å². The van der Waals surface area contributed by atoms with Crippen molar-refractivity contribution in [1.82, 2.24) is 14.5 Å². The van der Waals surface area contributed by atoms with Gasteiger partial charge in [0.1, 0.15) is 5.56 Å². The first kappa shape index (κ1) is 21.3. The molecular weight excluding hydrogens is 411 g/mol. The van der Waals surface area contributed by atoms with E-state index in [-0.39, 0.29) is 12.6 Å². The molecule has 158 valence electrons. The van der Waals surface area contributed by atoms with Crippen LogP contribution in [0.5, 0.6) is 0 Å². The summed E-state index contributed by atoms with van der Waals surface area (Å²) in [6, 6.07) is 4.80. The average Bonchev–Trinajstić information content (AvgIpc) is 3.17. The van der Waals surface area contributed by atoms with Crippen LogP contribution in [-0.2, 0) is 35.6 Å². The highest BCUT2D eigenvalue weighted by Gasteiger charge is 2.40. The number of fused-ring (bicyclic) bond motifs is 1. The van der Waals surface area contributed by atoms with E-state index in [0.717, 1.165) is 11.1 Å². The third-order valence-electron chi connectivity index (χ3n) is 4.83. The van der Waals surface area contributed by atoms with Gasteiger partial charge in [-0.25, -0.2) is 17.9 Å². The summed E-state index contributed by atoms with van der Waals surface area (Å²) in [4.78, 5) is 11.1. The Morgan fingerprint density at radius 1 is 1.31 bits per heavy atom. The molecule has 0 aliphatic heterocycles. The first-order valence-corrected chi connectivity index (χ1v) is 10.4. The molecule has 1 aromatic carbocycles. The number of hydrogen-bond acceptors (Lipinski definition) is 4. The number of halogens is 3. The van der Waals surface area contributed by atoms with Gasteiger partial charge in [-0.2, -0.15) is 18.3 Å². The largest absolute Gasteiger partial charge is 0.478 e. The van der Waals surface area contributed by atoms with E-state index in [0.29, 0.717) is 29.3 Å². The van der Waals surface area contributed by atoms with Crippen LogP contribution in [0.2, 0.25) is 0 Å². The predicted molar refractivity (Wildman–Crippen MR) is 98.1 cm³/mol. The third kappa shape index (κ3) is 4.45. The van der Waals surface area contributed by atoms with Crippen LogP contribution in [0.25, 0.3) is 0 Å². The number of carbonyl (C=O) groups is 1. The molecule has 11 heteroatoms. The SMILES string of the molecule is CC(C)S(=O)(=O)NC1Cc2ccc(Cn3ncc(C(=O)O)c3C(F)(F)F)cc2C1. The summed E-state index contributed by atoms with van der Waals surface area (Å²) in [6.07, 6.45) is -3.24. The predicted octanol–water partition coefficient (Wildman–Crippen LogP) is 2.44. The fourth-order valence-electron chi connectivity index (χ4n) is 3.36. The van der Waals surface area contributed by atoms with Crippen molar-refractivity contribution in [3.05, 3.63) is 52.3 Å². The van der Waals surface area contributed by atoms with E-state index in [1.165, 1.54) is 0 Å². The van der Waals surface area contributed by atoms with Crippen LogP contribution >= 0.6 is 0 Å². The molecule has 1 aliphatic rings. The summed E-state index contributed by atoms with van der Waals surface area (Å²) in [5.41, 5.74) is 0.0719. The Bertz CT molecular complexity index is 1050. The molecule has 2 N–H and O–H groups in total. The summed E-state index contributed by atoms with van der Waals surface area (Å²) >= 11 is 0. The molecule has 0 amide bonds. The molecule has 1 aromatic heterocycles. The lowest BCUT2D eigenvalue weighted by Crippen LogP contribution is -2.39. The number of aromatic nitrogens is 2. The lowest BCUT2D eigenvalue weighted by atomic mass is 10.1. The minimum Gasteiger partial charge on any atom is -0.478 e. The molecule has 1 unspecified atom stereocenters. The van der Waals surface area contributed by atoms with Crippen molar-refractivity contribution in [2.75, 3.05) is 0 Å². The lowest BCUT2D eigenvalue weighted by molar-refractivity contribution is -0.144. The molecule has 1 atom stereocenters. The Morgan fingerprint density at radius 2 is 1.97 bits per heavy atom. The van der Waals surface area contributed by atoms with E-state index in [2.05, 4.69) is 9.82 Å². The number of nitrogens with zero attached hydrogens (tertiary/aromatic N) is 2. The Labute approximate surface area is 165 Å². The minimum atomic E-state index is -4.86. The summed E-state index contributed by atoms with van der Waals surface area (Å²) < 4.78 is 67.3. The number of carboxylic acids is 1. The molecule has 2 aromatic rings. The maximum atomic E-state index is 13.3. The number of carboxylic acid groups (broad SMARTS) is 1. The van der Waals surface area contributed by atoms with Crippen molar-refractivity contribution in [3.63, 3.8) is 0 Å². The molecule has 0 radical (unpaired) electrons. The molecule has 0 fully saturated rings. The van der Waals surface area contributed by atoms with E-state index >= 15 is 0 Å². The van der Waals surface area contributed by atoms with Gasteiger partial charge in [0.15, 0.2) is 5.69 Å². The monoisotopic (exact) mass is 431 g/mol. The van der Waals surface area contributed by atoms with Crippen LogP contribution < -0.4 is 4.72 Å². The van der Waals surface area contributed by atoms with Gasteiger partial charge in [-0.3, -0.25) is 4.68 Å². The van der Waals surface area contributed by atoms with Crippen LogP contribution in [-0.4, -0.2) is 40.6 Å². The zero-order chi connectivity index (χ0) is 21.6. The maximum absolute atomic E-state index is 13.3. The highest BCUT2D eigenvalue weighted by molar-refractivity contribution is 7.90. The first-order valence-electron chi connectivity index (χ1n) is 8.86.